The number of halogens is 1. The molecule has 2 nitrogen and oxygen atoms in total. The van der Waals surface area contributed by atoms with Crippen LogP contribution in [0.15, 0.2) is 36.5 Å². The van der Waals surface area contributed by atoms with Crippen molar-refractivity contribution < 1.29 is 9.84 Å². The molecule has 2 atom stereocenters. The lowest BCUT2D eigenvalue weighted by Gasteiger charge is -2.29. The topological polar surface area (TPSA) is 29.5 Å². The van der Waals surface area contributed by atoms with Gasteiger partial charge in [-0.2, -0.15) is 0 Å². The molecule has 2 unspecified atom stereocenters. The second-order valence-corrected chi connectivity index (χ2v) is 4.16. The third kappa shape index (κ3) is 2.30. The van der Waals surface area contributed by atoms with Crippen LogP contribution in [0, 0.1) is 0 Å². The molecule has 0 heterocycles. The summed E-state index contributed by atoms with van der Waals surface area (Å²) in [5.41, 5.74) is 1.08. The summed E-state index contributed by atoms with van der Waals surface area (Å²) in [4.78, 5) is 0. The van der Waals surface area contributed by atoms with Crippen LogP contribution in [0.25, 0.3) is 0 Å². The van der Waals surface area contributed by atoms with Crippen molar-refractivity contribution in [3.8, 4) is 0 Å². The first-order chi connectivity index (χ1) is 6.12. The summed E-state index contributed by atoms with van der Waals surface area (Å²) in [6.07, 6.45) is 7.39. The maximum Gasteiger partial charge on any atom is 0.170 e. The number of aliphatic hydroxyl groups is 1. The Labute approximate surface area is 86.7 Å². The molecule has 3 heteroatoms. The summed E-state index contributed by atoms with van der Waals surface area (Å²) in [6, 6.07) is 0. The zero-order valence-electron chi connectivity index (χ0n) is 7.53. The number of ether oxygens (including phenoxy) is 1. The Morgan fingerprint density at radius 2 is 2.54 bits per heavy atom. The zero-order valence-corrected chi connectivity index (χ0v) is 9.12. The van der Waals surface area contributed by atoms with Gasteiger partial charge in [-0.25, -0.2) is 0 Å². The molecule has 13 heavy (non-hydrogen) atoms. The molecule has 1 rings (SSSR count). The van der Waals surface area contributed by atoms with Crippen molar-refractivity contribution in [2.45, 2.75) is 17.0 Å². The lowest BCUT2D eigenvalue weighted by atomic mass is 10.00. The molecule has 0 bridgehead atoms. The second kappa shape index (κ2) is 4.22. The van der Waals surface area contributed by atoms with Crippen LogP contribution in [0.4, 0.5) is 0 Å². The summed E-state index contributed by atoms with van der Waals surface area (Å²) >= 11 is 3.34. The van der Waals surface area contributed by atoms with Crippen LogP contribution in [0.5, 0.6) is 0 Å². The number of aliphatic hydroxyl groups excluding tert-OH is 1. The van der Waals surface area contributed by atoms with Gasteiger partial charge in [-0.15, -0.1) is 6.58 Å². The Morgan fingerprint density at radius 3 is 3.08 bits per heavy atom. The monoisotopic (exact) mass is 244 g/mol. The highest BCUT2D eigenvalue weighted by Gasteiger charge is 2.33. The first kappa shape index (κ1) is 10.7. The molecule has 0 aromatic carbocycles. The number of hydrogen-bond acceptors (Lipinski definition) is 2. The first-order valence-electron chi connectivity index (χ1n) is 4.05. The van der Waals surface area contributed by atoms with Gasteiger partial charge in [0.25, 0.3) is 0 Å². The summed E-state index contributed by atoms with van der Waals surface area (Å²) in [5.74, 6) is 0. The standard InChI is InChI=1S/C10H13BrO2/c1-3-4-8-5-6-9(12)10(11,7-8)13-2/h3,5-7,9,12H,1,4H2,2H3. The predicted octanol–water partition coefficient (Wildman–Crippen LogP) is 2.16. The molecule has 0 aromatic heterocycles. The number of rotatable bonds is 3. The first-order valence-corrected chi connectivity index (χ1v) is 4.84. The van der Waals surface area contributed by atoms with Crippen molar-refractivity contribution in [2.75, 3.05) is 7.11 Å². The van der Waals surface area contributed by atoms with Crippen molar-refractivity contribution in [3.63, 3.8) is 0 Å². The van der Waals surface area contributed by atoms with Gasteiger partial charge in [0.1, 0.15) is 6.10 Å². The van der Waals surface area contributed by atoms with Crippen LogP contribution in [0.1, 0.15) is 6.42 Å². The molecule has 0 fully saturated rings. The normalized spacial score (nSPS) is 32.8. The van der Waals surface area contributed by atoms with Gasteiger partial charge in [0, 0.05) is 7.11 Å². The Balaban J connectivity index is 2.86. The van der Waals surface area contributed by atoms with E-state index < -0.39 is 10.6 Å². The molecular formula is C10H13BrO2. The number of hydrogen-bond donors (Lipinski definition) is 1. The zero-order chi connectivity index (χ0) is 9.90. The van der Waals surface area contributed by atoms with Gasteiger partial charge >= 0.3 is 0 Å². The minimum atomic E-state index is -0.778. The van der Waals surface area contributed by atoms with Gasteiger partial charge in [-0.1, -0.05) is 18.2 Å². The van der Waals surface area contributed by atoms with Crippen molar-refractivity contribution in [1.82, 2.24) is 0 Å². The second-order valence-electron chi connectivity index (χ2n) is 2.92. The van der Waals surface area contributed by atoms with E-state index in [0.717, 1.165) is 12.0 Å². The highest BCUT2D eigenvalue weighted by atomic mass is 79.9. The SMILES string of the molecule is C=CCC1=CC(Br)(OC)C(O)C=C1. The van der Waals surface area contributed by atoms with E-state index in [1.54, 1.807) is 13.2 Å². The minimum Gasteiger partial charge on any atom is -0.385 e. The van der Waals surface area contributed by atoms with Gasteiger partial charge in [0.2, 0.25) is 0 Å². The maximum atomic E-state index is 9.59. The highest BCUT2D eigenvalue weighted by Crippen LogP contribution is 2.32. The largest absolute Gasteiger partial charge is 0.385 e. The summed E-state index contributed by atoms with van der Waals surface area (Å²) in [7, 11) is 1.55. The van der Waals surface area contributed by atoms with Crippen LogP contribution in [0.3, 0.4) is 0 Å². The van der Waals surface area contributed by atoms with Crippen LogP contribution >= 0.6 is 15.9 Å². The van der Waals surface area contributed by atoms with Gasteiger partial charge in [-0.3, -0.25) is 0 Å². The van der Waals surface area contributed by atoms with Gasteiger partial charge < -0.3 is 9.84 Å². The summed E-state index contributed by atoms with van der Waals surface area (Å²) in [5, 5.41) is 9.59. The molecule has 1 aliphatic rings. The van der Waals surface area contributed by atoms with E-state index in [0.29, 0.717) is 0 Å². The molecule has 72 valence electrons. The van der Waals surface area contributed by atoms with Gasteiger partial charge in [0.15, 0.2) is 4.51 Å². The van der Waals surface area contributed by atoms with E-state index in [4.69, 9.17) is 4.74 Å². The lowest BCUT2D eigenvalue weighted by molar-refractivity contribution is 0.0210. The fourth-order valence-electron chi connectivity index (χ4n) is 1.21. The van der Waals surface area contributed by atoms with Crippen molar-refractivity contribution in [2.24, 2.45) is 0 Å². The van der Waals surface area contributed by atoms with E-state index in [1.165, 1.54) is 0 Å². The quantitative estimate of drug-likeness (QED) is 0.609. The Hall–Kier alpha value is -0.380. The van der Waals surface area contributed by atoms with Crippen LogP contribution in [-0.4, -0.2) is 22.8 Å². The molecule has 1 N–H and O–H groups in total. The Kier molecular flexibility index (Phi) is 3.47. The van der Waals surface area contributed by atoms with E-state index >= 15 is 0 Å². The molecule has 1 aliphatic carbocycles. The molecule has 0 spiro atoms. The summed E-state index contributed by atoms with van der Waals surface area (Å²) < 4.78 is 4.39. The average Bonchev–Trinajstić information content (AvgIpc) is 2.12. The van der Waals surface area contributed by atoms with Gasteiger partial charge in [0.05, 0.1) is 0 Å². The van der Waals surface area contributed by atoms with Crippen molar-refractivity contribution in [3.05, 3.63) is 36.5 Å². The fraction of sp³-hybridized carbons (Fsp3) is 0.400. The number of alkyl halides is 1. The van der Waals surface area contributed by atoms with Crippen LogP contribution < -0.4 is 0 Å². The van der Waals surface area contributed by atoms with Crippen molar-refractivity contribution in [1.29, 1.82) is 0 Å². The molecule has 0 aliphatic heterocycles. The molecular weight excluding hydrogens is 232 g/mol. The van der Waals surface area contributed by atoms with E-state index in [-0.39, 0.29) is 0 Å². The number of allylic oxidation sites excluding steroid dienone is 3. The highest BCUT2D eigenvalue weighted by molar-refractivity contribution is 9.10. The van der Waals surface area contributed by atoms with Crippen LogP contribution in [0.2, 0.25) is 0 Å². The fourth-order valence-corrected chi connectivity index (χ4v) is 1.65. The van der Waals surface area contributed by atoms with Crippen LogP contribution in [-0.2, 0) is 4.74 Å². The summed E-state index contributed by atoms with van der Waals surface area (Å²) in [6.45, 7) is 3.65. The third-order valence-corrected chi connectivity index (χ3v) is 2.99. The van der Waals surface area contributed by atoms with E-state index in [9.17, 15) is 5.11 Å². The lowest BCUT2D eigenvalue weighted by Crippen LogP contribution is -2.36. The molecule has 0 radical (unpaired) electrons. The molecule has 0 amide bonds. The smallest absolute Gasteiger partial charge is 0.170 e. The Morgan fingerprint density at radius 1 is 1.85 bits per heavy atom. The molecule has 0 aromatic rings. The predicted molar refractivity (Wildman–Crippen MR) is 56.7 cm³/mol. The minimum absolute atomic E-state index is 0.647. The third-order valence-electron chi connectivity index (χ3n) is 1.97. The van der Waals surface area contributed by atoms with E-state index in [1.807, 2.05) is 18.2 Å². The Bertz CT molecular complexity index is 258. The molecule has 0 saturated heterocycles. The maximum absolute atomic E-state index is 9.59. The van der Waals surface area contributed by atoms with Crippen molar-refractivity contribution >= 4 is 15.9 Å². The van der Waals surface area contributed by atoms with Gasteiger partial charge in [-0.05, 0) is 34.0 Å². The van der Waals surface area contributed by atoms with E-state index in [2.05, 4.69) is 22.5 Å². The average molecular weight is 245 g/mol. The number of methoxy groups -OCH3 is 1. The molecule has 0 saturated carbocycles.